The maximum atomic E-state index is 9.82. The van der Waals surface area contributed by atoms with Gasteiger partial charge >= 0.3 is 0 Å². The van der Waals surface area contributed by atoms with Crippen molar-refractivity contribution in [2.45, 2.75) is 33.3 Å². The normalized spacial score (nSPS) is 12.7. The molecule has 0 spiro atoms. The standard InChI is InChI=1S/C15H24BrNO2/c1-11(2)6-7-17-9-13(18)10-19-15-5-4-12(3)8-14(15)16/h4-5,8,11,13,17-18H,6-7,9-10H2,1-3H3. The number of hydrogen-bond acceptors (Lipinski definition) is 3. The number of aryl methyl sites for hydroxylation is 1. The average Bonchev–Trinajstić information content (AvgIpc) is 2.33. The first kappa shape index (κ1) is 16.5. The summed E-state index contributed by atoms with van der Waals surface area (Å²) in [7, 11) is 0. The third-order valence-corrected chi connectivity index (χ3v) is 3.42. The van der Waals surface area contributed by atoms with E-state index in [1.165, 1.54) is 5.56 Å². The molecule has 0 aromatic heterocycles. The third-order valence-electron chi connectivity index (χ3n) is 2.80. The summed E-state index contributed by atoms with van der Waals surface area (Å²) in [5, 5.41) is 13.1. The van der Waals surface area contributed by atoms with Gasteiger partial charge in [-0.3, -0.25) is 0 Å². The van der Waals surface area contributed by atoms with Crippen LogP contribution >= 0.6 is 15.9 Å². The van der Waals surface area contributed by atoms with E-state index in [4.69, 9.17) is 4.74 Å². The predicted molar refractivity (Wildman–Crippen MR) is 82.7 cm³/mol. The molecule has 108 valence electrons. The second-order valence-corrected chi connectivity index (χ2v) is 6.14. The number of hydrogen-bond donors (Lipinski definition) is 2. The van der Waals surface area contributed by atoms with Crippen LogP contribution in [0.3, 0.4) is 0 Å². The minimum Gasteiger partial charge on any atom is -0.490 e. The van der Waals surface area contributed by atoms with E-state index in [-0.39, 0.29) is 0 Å². The van der Waals surface area contributed by atoms with Crippen LogP contribution in [0.15, 0.2) is 22.7 Å². The first-order chi connectivity index (χ1) is 8.99. The lowest BCUT2D eigenvalue weighted by Gasteiger charge is -2.14. The first-order valence-electron chi connectivity index (χ1n) is 6.76. The van der Waals surface area contributed by atoms with Crippen molar-refractivity contribution >= 4 is 15.9 Å². The fourth-order valence-electron chi connectivity index (χ4n) is 1.63. The fourth-order valence-corrected chi connectivity index (χ4v) is 2.23. The molecule has 0 aliphatic carbocycles. The largest absolute Gasteiger partial charge is 0.490 e. The highest BCUT2D eigenvalue weighted by atomic mass is 79.9. The zero-order chi connectivity index (χ0) is 14.3. The van der Waals surface area contributed by atoms with Crippen molar-refractivity contribution in [2.24, 2.45) is 5.92 Å². The molecule has 4 heteroatoms. The van der Waals surface area contributed by atoms with E-state index >= 15 is 0 Å². The van der Waals surface area contributed by atoms with Gasteiger partial charge in [-0.15, -0.1) is 0 Å². The van der Waals surface area contributed by atoms with E-state index in [9.17, 15) is 5.11 Å². The number of ether oxygens (including phenoxy) is 1. The number of aliphatic hydroxyl groups is 1. The lowest BCUT2D eigenvalue weighted by Crippen LogP contribution is -2.32. The molecule has 0 saturated heterocycles. The van der Waals surface area contributed by atoms with E-state index < -0.39 is 6.10 Å². The number of aliphatic hydroxyl groups excluding tert-OH is 1. The molecule has 0 amide bonds. The highest BCUT2D eigenvalue weighted by molar-refractivity contribution is 9.10. The van der Waals surface area contributed by atoms with Gasteiger partial charge in [0, 0.05) is 6.54 Å². The molecule has 19 heavy (non-hydrogen) atoms. The van der Waals surface area contributed by atoms with Crippen LogP contribution in [0.1, 0.15) is 25.8 Å². The molecule has 2 N–H and O–H groups in total. The second kappa shape index (κ2) is 8.56. The molecule has 0 bridgehead atoms. The van der Waals surface area contributed by atoms with Gasteiger partial charge < -0.3 is 15.2 Å². The zero-order valence-corrected chi connectivity index (χ0v) is 13.5. The van der Waals surface area contributed by atoms with Crippen LogP contribution in [-0.4, -0.2) is 30.9 Å². The van der Waals surface area contributed by atoms with Crippen molar-refractivity contribution in [1.29, 1.82) is 0 Å². The summed E-state index contributed by atoms with van der Waals surface area (Å²) in [6.45, 7) is 8.21. The van der Waals surface area contributed by atoms with Crippen LogP contribution in [-0.2, 0) is 0 Å². The number of rotatable bonds is 8. The van der Waals surface area contributed by atoms with Crippen LogP contribution in [0, 0.1) is 12.8 Å². The van der Waals surface area contributed by atoms with Crippen molar-refractivity contribution < 1.29 is 9.84 Å². The molecule has 1 unspecified atom stereocenters. The monoisotopic (exact) mass is 329 g/mol. The Hall–Kier alpha value is -0.580. The van der Waals surface area contributed by atoms with E-state index in [0.29, 0.717) is 19.1 Å². The van der Waals surface area contributed by atoms with Gasteiger partial charge in [-0.2, -0.15) is 0 Å². The topological polar surface area (TPSA) is 41.5 Å². The molecule has 1 atom stereocenters. The minimum absolute atomic E-state index is 0.302. The lowest BCUT2D eigenvalue weighted by molar-refractivity contribution is 0.106. The summed E-state index contributed by atoms with van der Waals surface area (Å²) in [6.07, 6.45) is 0.636. The van der Waals surface area contributed by atoms with Gasteiger partial charge in [-0.1, -0.05) is 19.9 Å². The summed E-state index contributed by atoms with van der Waals surface area (Å²) in [5.74, 6) is 1.45. The number of nitrogens with one attached hydrogen (secondary N) is 1. The van der Waals surface area contributed by atoms with E-state index in [1.54, 1.807) is 0 Å². The SMILES string of the molecule is Cc1ccc(OCC(O)CNCCC(C)C)c(Br)c1. The Morgan fingerprint density at radius 3 is 2.74 bits per heavy atom. The number of halogens is 1. The molecule has 0 aliphatic heterocycles. The van der Waals surface area contributed by atoms with Crippen molar-refractivity contribution in [2.75, 3.05) is 19.7 Å². The van der Waals surface area contributed by atoms with Gasteiger partial charge in [0.15, 0.2) is 0 Å². The van der Waals surface area contributed by atoms with Gasteiger partial charge in [-0.05, 0) is 59.4 Å². The maximum Gasteiger partial charge on any atom is 0.133 e. The molecule has 1 rings (SSSR count). The van der Waals surface area contributed by atoms with Crippen molar-refractivity contribution in [3.8, 4) is 5.75 Å². The fraction of sp³-hybridized carbons (Fsp3) is 0.600. The molecule has 1 aromatic carbocycles. The quantitative estimate of drug-likeness (QED) is 0.720. The van der Waals surface area contributed by atoms with Crippen molar-refractivity contribution in [1.82, 2.24) is 5.32 Å². The molecular weight excluding hydrogens is 306 g/mol. The highest BCUT2D eigenvalue weighted by Crippen LogP contribution is 2.25. The molecule has 0 aliphatic rings. The van der Waals surface area contributed by atoms with Crippen LogP contribution in [0.5, 0.6) is 5.75 Å². The zero-order valence-electron chi connectivity index (χ0n) is 11.9. The van der Waals surface area contributed by atoms with Crippen LogP contribution in [0.4, 0.5) is 0 Å². The minimum atomic E-state index is -0.486. The lowest BCUT2D eigenvalue weighted by atomic mass is 10.1. The van der Waals surface area contributed by atoms with E-state index in [2.05, 4.69) is 35.1 Å². The summed E-state index contributed by atoms with van der Waals surface area (Å²) in [5.41, 5.74) is 1.18. The van der Waals surface area contributed by atoms with Gasteiger partial charge in [0.05, 0.1) is 4.47 Å². The molecular formula is C15H24BrNO2. The molecule has 0 fully saturated rings. The summed E-state index contributed by atoms with van der Waals surface area (Å²) in [6, 6.07) is 5.91. The van der Waals surface area contributed by atoms with Crippen LogP contribution < -0.4 is 10.1 Å². The Bertz CT molecular complexity index is 382. The maximum absolute atomic E-state index is 9.82. The number of benzene rings is 1. The Balaban J connectivity index is 2.24. The summed E-state index contributed by atoms with van der Waals surface area (Å²) < 4.78 is 6.52. The predicted octanol–water partition coefficient (Wildman–Crippen LogP) is 3.13. The summed E-state index contributed by atoms with van der Waals surface area (Å²) in [4.78, 5) is 0. The molecule has 0 saturated carbocycles. The van der Waals surface area contributed by atoms with Crippen LogP contribution in [0.25, 0.3) is 0 Å². The third kappa shape index (κ3) is 6.95. The van der Waals surface area contributed by atoms with Crippen LogP contribution in [0.2, 0.25) is 0 Å². The smallest absolute Gasteiger partial charge is 0.133 e. The molecule has 3 nitrogen and oxygen atoms in total. The molecule has 0 radical (unpaired) electrons. The second-order valence-electron chi connectivity index (χ2n) is 5.29. The molecule has 0 heterocycles. The Labute approximate surface area is 124 Å². The van der Waals surface area contributed by atoms with Gasteiger partial charge in [-0.25, -0.2) is 0 Å². The Morgan fingerprint density at radius 1 is 1.37 bits per heavy atom. The average molecular weight is 330 g/mol. The highest BCUT2D eigenvalue weighted by Gasteiger charge is 2.07. The van der Waals surface area contributed by atoms with Gasteiger partial charge in [0.25, 0.3) is 0 Å². The van der Waals surface area contributed by atoms with E-state index in [1.807, 2.05) is 25.1 Å². The van der Waals surface area contributed by atoms with E-state index in [0.717, 1.165) is 23.2 Å². The van der Waals surface area contributed by atoms with Gasteiger partial charge in [0.2, 0.25) is 0 Å². The molecule has 1 aromatic rings. The Morgan fingerprint density at radius 2 is 2.11 bits per heavy atom. The van der Waals surface area contributed by atoms with Gasteiger partial charge in [0.1, 0.15) is 18.5 Å². The summed E-state index contributed by atoms with van der Waals surface area (Å²) >= 11 is 3.45. The van der Waals surface area contributed by atoms with Crippen molar-refractivity contribution in [3.63, 3.8) is 0 Å². The Kier molecular flexibility index (Phi) is 7.42. The van der Waals surface area contributed by atoms with Crippen molar-refractivity contribution in [3.05, 3.63) is 28.2 Å². The first-order valence-corrected chi connectivity index (χ1v) is 7.56.